The van der Waals surface area contributed by atoms with E-state index in [1.54, 1.807) is 38.4 Å². The second kappa shape index (κ2) is 16.8. The first-order valence-corrected chi connectivity index (χ1v) is 20.4. The summed E-state index contributed by atoms with van der Waals surface area (Å²) in [5, 5.41) is 6.63. The Kier molecular flexibility index (Phi) is 12.7. The van der Waals surface area contributed by atoms with E-state index in [1.807, 2.05) is 28.8 Å². The van der Waals surface area contributed by atoms with Crippen molar-refractivity contribution in [3.8, 4) is 0 Å². The number of benzene rings is 3. The maximum Gasteiger partial charge on any atom is 0.358 e. The van der Waals surface area contributed by atoms with Crippen molar-refractivity contribution in [1.29, 1.82) is 0 Å². The van der Waals surface area contributed by atoms with Crippen molar-refractivity contribution >= 4 is 69.5 Å². The Morgan fingerprint density at radius 3 is 2.12 bits per heavy atom. The van der Waals surface area contributed by atoms with Gasteiger partial charge in [-0.1, -0.05) is 117 Å². The lowest BCUT2D eigenvalue weighted by atomic mass is 10.0. The van der Waals surface area contributed by atoms with E-state index < -0.39 is 20.3 Å². The zero-order chi connectivity index (χ0) is 36.8. The van der Waals surface area contributed by atoms with Crippen LogP contribution in [0.1, 0.15) is 68.3 Å². The second-order valence-electron chi connectivity index (χ2n) is 13.3. The van der Waals surface area contributed by atoms with Gasteiger partial charge in [0, 0.05) is 31.4 Å². The summed E-state index contributed by atoms with van der Waals surface area (Å²) in [5.41, 5.74) is 1.43. The highest BCUT2D eigenvalue weighted by molar-refractivity contribution is 9.10. The number of nitrogens with one attached hydrogen (secondary N) is 1. The van der Waals surface area contributed by atoms with Crippen molar-refractivity contribution in [2.24, 2.45) is 7.05 Å². The number of anilines is 1. The Labute approximate surface area is 319 Å². The smallest absolute Gasteiger partial charge is 0.358 e. The predicted molar refractivity (Wildman–Crippen MR) is 212 cm³/mol. The van der Waals surface area contributed by atoms with Gasteiger partial charge in [0.05, 0.1) is 23.4 Å². The number of hydrogen-bond acceptors (Lipinski definition) is 6. The molecule has 2 heterocycles. The monoisotopic (exact) mass is 808 g/mol. The minimum atomic E-state index is -2.70. The van der Waals surface area contributed by atoms with Gasteiger partial charge >= 0.3 is 5.97 Å². The van der Waals surface area contributed by atoms with E-state index in [1.165, 1.54) is 14.9 Å². The van der Waals surface area contributed by atoms with Crippen LogP contribution in [-0.4, -0.2) is 41.6 Å². The minimum Gasteiger partial charge on any atom is -0.461 e. The largest absolute Gasteiger partial charge is 0.461 e. The molecule has 0 bridgehead atoms. The molecule has 1 N–H and O–H groups in total. The van der Waals surface area contributed by atoms with Crippen LogP contribution in [0, 0.1) is 0 Å². The Morgan fingerprint density at radius 1 is 0.941 bits per heavy atom. The first-order valence-electron chi connectivity index (χ1n) is 16.9. The number of carbonyl (C=O) groups excluding carboxylic acids is 1. The van der Waals surface area contributed by atoms with Gasteiger partial charge in [-0.15, -0.1) is 0 Å². The molecule has 0 fully saturated rings. The summed E-state index contributed by atoms with van der Waals surface area (Å²) in [4.78, 5) is 31.3. The molecular weight excluding hydrogens is 767 g/mol. The molecule has 0 radical (unpaired) electrons. The van der Waals surface area contributed by atoms with Crippen LogP contribution < -0.4 is 21.2 Å². The highest BCUT2D eigenvalue weighted by Crippen LogP contribution is 2.37. The summed E-state index contributed by atoms with van der Waals surface area (Å²) in [6.07, 6.45) is 3.01. The van der Waals surface area contributed by atoms with E-state index in [0.29, 0.717) is 40.0 Å². The fourth-order valence-electron chi connectivity index (χ4n) is 6.55. The molecule has 5 rings (SSSR count). The summed E-state index contributed by atoms with van der Waals surface area (Å²) in [7, 11) is -1.06. The van der Waals surface area contributed by atoms with Gasteiger partial charge in [0.15, 0.2) is 10.4 Å². The van der Waals surface area contributed by atoms with Gasteiger partial charge in [0.2, 0.25) is 0 Å². The maximum atomic E-state index is 13.4. The number of halogens is 3. The average molecular weight is 811 g/mol. The molecule has 2 aromatic heterocycles. The van der Waals surface area contributed by atoms with Gasteiger partial charge in [-0.05, 0) is 74.9 Å². The Morgan fingerprint density at radius 2 is 1.55 bits per heavy atom. The topological polar surface area (TPSA) is 87.4 Å². The highest BCUT2D eigenvalue weighted by Gasteiger charge is 2.50. The molecule has 0 saturated heterocycles. The van der Waals surface area contributed by atoms with Crippen LogP contribution in [-0.2, 0) is 22.8 Å². The van der Waals surface area contributed by atoms with Gasteiger partial charge < -0.3 is 23.6 Å². The van der Waals surface area contributed by atoms with E-state index in [4.69, 9.17) is 32.4 Å². The Bertz CT molecular complexity index is 1960. The van der Waals surface area contributed by atoms with Crippen molar-refractivity contribution in [2.75, 3.05) is 18.5 Å². The number of hydrogen-bond donors (Lipinski definition) is 1. The molecule has 5 aromatic rings. The van der Waals surface area contributed by atoms with Crippen LogP contribution in [0.4, 0.5) is 5.69 Å². The number of imidazole rings is 1. The molecule has 0 spiro atoms. The molecule has 51 heavy (non-hydrogen) atoms. The number of unbranched alkanes of at least 4 members (excludes halogenated alkanes) is 1. The fraction of sp³-hybridized carbons (Fsp3) is 0.308. The molecular formula is C39H43BrCl2N4O4Si. The maximum absolute atomic E-state index is 13.4. The average Bonchev–Trinajstić information content (AvgIpc) is 3.43. The molecule has 0 aliphatic heterocycles. The van der Waals surface area contributed by atoms with Crippen LogP contribution >= 0.6 is 39.1 Å². The van der Waals surface area contributed by atoms with Crippen LogP contribution in [0.3, 0.4) is 0 Å². The zero-order valence-corrected chi connectivity index (χ0v) is 33.6. The fourth-order valence-corrected chi connectivity index (χ4v) is 12.1. The number of ether oxygens (including phenoxy) is 1. The molecule has 1 unspecified atom stereocenters. The summed E-state index contributed by atoms with van der Waals surface area (Å²) in [6, 6.07) is 29.3. The zero-order valence-electron chi connectivity index (χ0n) is 29.5. The van der Waals surface area contributed by atoms with E-state index in [2.05, 4.69) is 95.5 Å². The summed E-state index contributed by atoms with van der Waals surface area (Å²) in [6.45, 7) is 9.77. The van der Waals surface area contributed by atoms with Gasteiger partial charge in [-0.3, -0.25) is 4.79 Å². The molecule has 1 atom stereocenters. The van der Waals surface area contributed by atoms with Crippen molar-refractivity contribution in [2.45, 2.75) is 58.2 Å². The lowest BCUT2D eigenvalue weighted by Crippen LogP contribution is -2.66. The second-order valence-corrected chi connectivity index (χ2v) is 19.2. The molecule has 8 nitrogen and oxygen atoms in total. The number of carbonyl (C=O) groups is 1. The molecule has 12 heteroatoms. The highest BCUT2D eigenvalue weighted by atomic mass is 79.9. The molecule has 0 amide bonds. The van der Waals surface area contributed by atoms with Crippen molar-refractivity contribution in [1.82, 2.24) is 14.1 Å². The SMILES string of the molecule is CCOC(=O)c1nc(Br)n(CCCCO[Si](c2ccccc2)(c2ccccc2)C(C)(C)C)c1C(Nc1cc(Cl)cn(C)c1=O)c1ccc(Cl)cc1. The van der Waals surface area contributed by atoms with Crippen LogP contribution in [0.5, 0.6) is 0 Å². The number of esters is 1. The van der Waals surface area contributed by atoms with Gasteiger partial charge in [-0.2, -0.15) is 0 Å². The number of rotatable bonds is 14. The molecule has 0 aliphatic carbocycles. The number of aromatic nitrogens is 3. The van der Waals surface area contributed by atoms with E-state index in [9.17, 15) is 9.59 Å². The minimum absolute atomic E-state index is 0.138. The summed E-state index contributed by atoms with van der Waals surface area (Å²) in [5.74, 6) is -0.568. The van der Waals surface area contributed by atoms with Gasteiger partial charge in [0.1, 0.15) is 5.69 Å². The van der Waals surface area contributed by atoms with E-state index in [0.717, 1.165) is 12.0 Å². The quantitative estimate of drug-likeness (QED) is 0.0690. The number of aryl methyl sites for hydroxylation is 1. The molecule has 0 aliphatic rings. The third kappa shape index (κ3) is 8.53. The molecule has 0 saturated carbocycles. The molecule has 3 aromatic carbocycles. The van der Waals surface area contributed by atoms with Crippen LogP contribution in [0.15, 0.2) is 107 Å². The van der Waals surface area contributed by atoms with Gasteiger partial charge in [-0.25, -0.2) is 9.78 Å². The predicted octanol–water partition coefficient (Wildman–Crippen LogP) is 8.39. The van der Waals surface area contributed by atoms with Crippen LogP contribution in [0.25, 0.3) is 0 Å². The third-order valence-electron chi connectivity index (χ3n) is 8.87. The van der Waals surface area contributed by atoms with E-state index >= 15 is 0 Å². The lowest BCUT2D eigenvalue weighted by molar-refractivity contribution is 0.0518. The standard InChI is InChI=1S/C39H43BrCl2N4O4Si/c1-6-49-37(48)34-35(33(27-19-21-28(41)22-20-27)43-32-25-29(42)26-45(5)36(32)47)46(38(40)44-34)23-13-14-24-50-51(39(2,3)4,30-15-9-7-10-16-30)31-17-11-8-12-18-31/h7-12,15-22,25-26,33,43H,6,13-14,23-24H2,1-5H3. The van der Waals surface area contributed by atoms with Gasteiger partial charge in [0.25, 0.3) is 13.9 Å². The van der Waals surface area contributed by atoms with Crippen molar-refractivity contribution in [3.63, 3.8) is 0 Å². The lowest BCUT2D eigenvalue weighted by Gasteiger charge is -2.43. The first kappa shape index (κ1) is 38.6. The number of nitrogens with zero attached hydrogens (tertiary/aromatic N) is 3. The Hall–Kier alpha value is -3.67. The third-order valence-corrected chi connectivity index (χ3v) is 15.0. The Balaban J connectivity index is 1.49. The molecule has 268 valence electrons. The summed E-state index contributed by atoms with van der Waals surface area (Å²) < 4.78 is 16.4. The van der Waals surface area contributed by atoms with E-state index in [-0.39, 0.29) is 28.6 Å². The number of pyridine rings is 1. The van der Waals surface area contributed by atoms with Crippen LogP contribution in [0.2, 0.25) is 15.1 Å². The van der Waals surface area contributed by atoms with Crippen molar-refractivity contribution < 1.29 is 14.0 Å². The van der Waals surface area contributed by atoms with Crippen molar-refractivity contribution in [3.05, 3.63) is 139 Å². The summed E-state index contributed by atoms with van der Waals surface area (Å²) >= 11 is 16.3. The normalized spacial score (nSPS) is 12.5. The first-order chi connectivity index (χ1) is 24.4.